The molecule has 1 radical (unpaired) electrons. The van der Waals surface area contributed by atoms with Crippen LogP contribution < -0.4 is 0 Å². The van der Waals surface area contributed by atoms with E-state index in [4.69, 9.17) is 9.97 Å². The molecule has 1 aliphatic rings. The van der Waals surface area contributed by atoms with E-state index in [9.17, 15) is 9.90 Å². The first-order valence-corrected chi connectivity index (χ1v) is 17.8. The predicted octanol–water partition coefficient (Wildman–Crippen LogP) is 11.2. The Morgan fingerprint density at radius 3 is 2.15 bits per heavy atom. The molecule has 2 aromatic heterocycles. The molecule has 48 heavy (non-hydrogen) atoms. The second kappa shape index (κ2) is 17.5. The van der Waals surface area contributed by atoms with Crippen molar-refractivity contribution in [3.8, 4) is 22.4 Å². The Hall–Kier alpha value is -3.14. The van der Waals surface area contributed by atoms with E-state index in [0.29, 0.717) is 5.92 Å². The van der Waals surface area contributed by atoms with Gasteiger partial charge in [0.25, 0.3) is 0 Å². The molecule has 0 amide bonds. The van der Waals surface area contributed by atoms with E-state index in [1.54, 1.807) is 0 Å². The Balaban J connectivity index is 0.000000334. The fourth-order valence-corrected chi connectivity index (χ4v) is 6.64. The van der Waals surface area contributed by atoms with Gasteiger partial charge < -0.3 is 5.11 Å². The number of carbonyl (C=O) groups is 1. The SMILES string of the molecule is CC(C)Cc1cc2c(cn1)-c1cc(-c3[c-]c4ccccc4c(C(C)(C)C)c3)ncc1CC2.CCC(CC)C(=O)/C=C(\O)C(CC)CC.[Ir]. The number of rotatable bonds is 10. The molecule has 4 nitrogen and oxygen atoms in total. The van der Waals surface area contributed by atoms with E-state index in [1.807, 2.05) is 27.7 Å². The molecule has 0 aliphatic heterocycles. The Labute approximate surface area is 303 Å². The van der Waals surface area contributed by atoms with Crippen LogP contribution in [0.5, 0.6) is 0 Å². The summed E-state index contributed by atoms with van der Waals surface area (Å²) in [6, 6.07) is 19.0. The third kappa shape index (κ3) is 9.51. The third-order valence-corrected chi connectivity index (χ3v) is 9.55. The van der Waals surface area contributed by atoms with Gasteiger partial charge >= 0.3 is 0 Å². The molecule has 259 valence electrons. The van der Waals surface area contributed by atoms with Gasteiger partial charge in [-0.15, -0.1) is 29.1 Å². The summed E-state index contributed by atoms with van der Waals surface area (Å²) >= 11 is 0. The fourth-order valence-electron chi connectivity index (χ4n) is 6.64. The van der Waals surface area contributed by atoms with Gasteiger partial charge in [0.2, 0.25) is 0 Å². The first kappa shape index (κ1) is 39.3. The van der Waals surface area contributed by atoms with Crippen molar-refractivity contribution in [1.82, 2.24) is 9.97 Å². The zero-order chi connectivity index (χ0) is 34.3. The maximum Gasteiger partial charge on any atom is 0.162 e. The average Bonchev–Trinajstić information content (AvgIpc) is 3.04. The van der Waals surface area contributed by atoms with Crippen molar-refractivity contribution in [2.45, 2.75) is 113 Å². The Kier molecular flexibility index (Phi) is 14.3. The van der Waals surface area contributed by atoms with Gasteiger partial charge in [-0.3, -0.25) is 14.8 Å². The predicted molar refractivity (Wildman–Crippen MR) is 198 cm³/mol. The number of aryl methyl sites for hydroxylation is 2. The van der Waals surface area contributed by atoms with Crippen LogP contribution in [0, 0.1) is 23.8 Å². The number of aromatic nitrogens is 2. The summed E-state index contributed by atoms with van der Waals surface area (Å²) in [5, 5.41) is 12.2. The average molecular weight is 824 g/mol. The molecule has 0 saturated heterocycles. The van der Waals surface area contributed by atoms with Gasteiger partial charge in [-0.2, -0.15) is 0 Å². The number of benzene rings is 2. The summed E-state index contributed by atoms with van der Waals surface area (Å²) in [5.41, 5.74) is 9.90. The van der Waals surface area contributed by atoms with Crippen molar-refractivity contribution < 1.29 is 30.0 Å². The van der Waals surface area contributed by atoms with E-state index < -0.39 is 0 Å². The van der Waals surface area contributed by atoms with Crippen molar-refractivity contribution in [1.29, 1.82) is 0 Å². The first-order valence-electron chi connectivity index (χ1n) is 17.8. The van der Waals surface area contributed by atoms with Gasteiger partial charge in [0.15, 0.2) is 5.78 Å². The van der Waals surface area contributed by atoms with E-state index in [2.05, 4.69) is 95.5 Å². The van der Waals surface area contributed by atoms with Crippen LogP contribution in [0.4, 0.5) is 0 Å². The molecule has 0 spiro atoms. The van der Waals surface area contributed by atoms with Gasteiger partial charge in [-0.25, -0.2) is 0 Å². The number of fused-ring (bicyclic) bond motifs is 4. The minimum Gasteiger partial charge on any atom is -0.512 e. The zero-order valence-corrected chi connectivity index (χ0v) is 32.9. The number of aliphatic hydroxyl groups is 1. The minimum absolute atomic E-state index is 0. The molecular weight excluding hydrogens is 769 g/mol. The molecule has 0 saturated carbocycles. The number of nitrogens with zero attached hydrogens (tertiary/aromatic N) is 2. The molecule has 5 heteroatoms. The number of allylic oxidation sites excluding steroid dienone is 2. The van der Waals surface area contributed by atoms with Crippen LogP contribution in [0.15, 0.2) is 66.7 Å². The van der Waals surface area contributed by atoms with Crippen LogP contribution in [0.1, 0.15) is 110 Å². The number of ketones is 1. The largest absolute Gasteiger partial charge is 0.512 e. The van der Waals surface area contributed by atoms with Gasteiger partial charge in [-0.1, -0.05) is 97.5 Å². The molecule has 2 aromatic carbocycles. The van der Waals surface area contributed by atoms with E-state index in [-0.39, 0.29) is 48.9 Å². The van der Waals surface area contributed by atoms with Crippen molar-refractivity contribution in [3.63, 3.8) is 0 Å². The maximum atomic E-state index is 11.7. The van der Waals surface area contributed by atoms with E-state index in [0.717, 1.165) is 61.6 Å². The molecule has 0 fully saturated rings. The van der Waals surface area contributed by atoms with Crippen molar-refractivity contribution in [2.75, 3.05) is 0 Å². The van der Waals surface area contributed by atoms with Crippen LogP contribution in [-0.4, -0.2) is 20.9 Å². The Bertz CT molecular complexity index is 1710. The second-order valence-corrected chi connectivity index (χ2v) is 14.5. The molecule has 0 unspecified atom stereocenters. The maximum absolute atomic E-state index is 11.7. The van der Waals surface area contributed by atoms with Gasteiger partial charge in [0, 0.05) is 67.4 Å². The molecule has 0 atom stereocenters. The molecular formula is C43H55IrN2O2-. The normalized spacial score (nSPS) is 12.8. The van der Waals surface area contributed by atoms with E-state index in [1.165, 1.54) is 45.0 Å². The smallest absolute Gasteiger partial charge is 0.162 e. The Morgan fingerprint density at radius 1 is 0.875 bits per heavy atom. The van der Waals surface area contributed by atoms with Crippen LogP contribution in [-0.2, 0) is 49.6 Å². The summed E-state index contributed by atoms with van der Waals surface area (Å²) in [4.78, 5) is 21.4. The number of aliphatic hydroxyl groups excluding tert-OH is 1. The summed E-state index contributed by atoms with van der Waals surface area (Å²) in [5.74, 6) is 1.17. The van der Waals surface area contributed by atoms with Gasteiger partial charge in [0.05, 0.1) is 5.76 Å². The third-order valence-electron chi connectivity index (χ3n) is 9.55. The number of pyridine rings is 2. The van der Waals surface area contributed by atoms with Gasteiger partial charge in [0.1, 0.15) is 0 Å². The molecule has 0 bridgehead atoms. The number of hydrogen-bond donors (Lipinski definition) is 1. The van der Waals surface area contributed by atoms with E-state index >= 15 is 0 Å². The fraction of sp³-hybridized carbons (Fsp3) is 0.465. The topological polar surface area (TPSA) is 63.1 Å². The number of hydrogen-bond acceptors (Lipinski definition) is 4. The van der Waals surface area contributed by atoms with Crippen molar-refractivity contribution in [3.05, 3.63) is 95.1 Å². The van der Waals surface area contributed by atoms with Crippen LogP contribution in [0.25, 0.3) is 33.2 Å². The molecule has 5 rings (SSSR count). The van der Waals surface area contributed by atoms with Gasteiger partial charge in [-0.05, 0) is 79.0 Å². The second-order valence-electron chi connectivity index (χ2n) is 14.5. The minimum atomic E-state index is 0. The van der Waals surface area contributed by atoms with Crippen LogP contribution in [0.3, 0.4) is 0 Å². The molecule has 1 N–H and O–H groups in total. The van der Waals surface area contributed by atoms with Crippen molar-refractivity contribution >= 4 is 16.6 Å². The van der Waals surface area contributed by atoms with Crippen LogP contribution in [0.2, 0.25) is 0 Å². The standard InChI is InChI=1S/C30H31N2.C13H24O2.Ir/c1-19(2)12-24-14-21-10-11-22-17-32-29(16-26(22)27(21)18-31-24)23-13-20-8-6-7-9-25(20)28(15-23)30(3,4)5;1-5-10(6-2)12(14)9-13(15)11(7-3)8-4;/h6-9,14-19H,10-12H2,1-5H3;9-11,14H,5-8H2,1-4H3;/q-1;;/b;12-9-;. The first-order chi connectivity index (χ1) is 22.4. The summed E-state index contributed by atoms with van der Waals surface area (Å²) in [7, 11) is 0. The summed E-state index contributed by atoms with van der Waals surface area (Å²) in [6.07, 6.45) is 12.2. The molecule has 2 heterocycles. The van der Waals surface area contributed by atoms with Crippen LogP contribution >= 0.6 is 0 Å². The Morgan fingerprint density at radius 2 is 1.52 bits per heavy atom. The van der Waals surface area contributed by atoms with Crippen molar-refractivity contribution in [2.24, 2.45) is 17.8 Å². The molecule has 4 aromatic rings. The monoisotopic (exact) mass is 824 g/mol. The summed E-state index contributed by atoms with van der Waals surface area (Å²) in [6.45, 7) is 19.4. The zero-order valence-electron chi connectivity index (χ0n) is 30.5. The quantitative estimate of drug-likeness (QED) is 0.0983. The number of carbonyl (C=O) groups excluding carboxylic acids is 1. The summed E-state index contributed by atoms with van der Waals surface area (Å²) < 4.78 is 0. The molecule has 1 aliphatic carbocycles.